The molecule has 2 aromatic carbocycles. The first kappa shape index (κ1) is 17.4. The molecule has 0 radical (unpaired) electrons. The summed E-state index contributed by atoms with van der Waals surface area (Å²) < 4.78 is 29.2. The molecular weight excluding hydrogens is 338 g/mol. The van der Waals surface area contributed by atoms with Crippen molar-refractivity contribution < 1.29 is 27.4 Å². The lowest BCUT2D eigenvalue weighted by atomic mass is 10.1. The maximum Gasteiger partial charge on any atom is 0.339 e. The van der Waals surface area contributed by atoms with Gasteiger partial charge in [0.15, 0.2) is 0 Å². The molecule has 9 heteroatoms. The van der Waals surface area contributed by atoms with E-state index in [-0.39, 0.29) is 22.8 Å². The fourth-order valence-corrected chi connectivity index (χ4v) is 2.86. The van der Waals surface area contributed by atoms with Crippen molar-refractivity contribution in [2.75, 3.05) is 0 Å². The van der Waals surface area contributed by atoms with E-state index < -0.39 is 21.0 Å². The normalized spacial score (nSPS) is 11.0. The largest absolute Gasteiger partial charge is 0.481 e. The van der Waals surface area contributed by atoms with Gasteiger partial charge in [-0.05, 0) is 30.2 Å². The van der Waals surface area contributed by atoms with Gasteiger partial charge in [0.25, 0.3) is 5.69 Å². The number of hydrogen-bond donors (Lipinski definition) is 1. The Morgan fingerprint density at radius 1 is 1.17 bits per heavy atom. The van der Waals surface area contributed by atoms with Gasteiger partial charge in [-0.15, -0.1) is 0 Å². The summed E-state index contributed by atoms with van der Waals surface area (Å²) in [5, 5.41) is 19.3. The Labute approximate surface area is 137 Å². The quantitative estimate of drug-likeness (QED) is 0.461. The maximum atomic E-state index is 12.2. The zero-order chi connectivity index (χ0) is 17.7. The first-order valence-electron chi connectivity index (χ1n) is 6.77. The van der Waals surface area contributed by atoms with Crippen LogP contribution in [0.15, 0.2) is 53.4 Å². The molecule has 0 saturated carbocycles. The topological polar surface area (TPSA) is 124 Å². The van der Waals surface area contributed by atoms with Gasteiger partial charge in [0, 0.05) is 18.6 Å². The third kappa shape index (κ3) is 4.53. The van der Waals surface area contributed by atoms with Gasteiger partial charge >= 0.3 is 16.1 Å². The molecule has 126 valence electrons. The minimum atomic E-state index is -4.21. The number of carboxylic acid groups (broad SMARTS) is 1. The molecule has 0 bridgehead atoms. The summed E-state index contributed by atoms with van der Waals surface area (Å²) >= 11 is 0. The second kappa shape index (κ2) is 7.09. The van der Waals surface area contributed by atoms with Crippen molar-refractivity contribution in [1.82, 2.24) is 0 Å². The highest BCUT2D eigenvalue weighted by atomic mass is 32.2. The number of aryl methyl sites for hydroxylation is 1. The molecule has 0 aromatic heterocycles. The van der Waals surface area contributed by atoms with Crippen LogP contribution in [0.2, 0.25) is 0 Å². The van der Waals surface area contributed by atoms with Gasteiger partial charge in [0.1, 0.15) is 10.6 Å². The summed E-state index contributed by atoms with van der Waals surface area (Å²) in [5.74, 6) is -0.899. The fraction of sp³-hybridized carbons (Fsp3) is 0.133. The van der Waals surface area contributed by atoms with Crippen LogP contribution in [0, 0.1) is 10.1 Å². The number of hydrogen-bond acceptors (Lipinski definition) is 6. The third-order valence-electron chi connectivity index (χ3n) is 3.07. The molecule has 8 nitrogen and oxygen atoms in total. The highest BCUT2D eigenvalue weighted by Crippen LogP contribution is 2.22. The predicted octanol–water partition coefficient (Wildman–Crippen LogP) is 2.38. The van der Waals surface area contributed by atoms with Gasteiger partial charge in [0.05, 0.1) is 4.92 Å². The van der Waals surface area contributed by atoms with E-state index in [4.69, 9.17) is 9.29 Å². The zero-order valence-electron chi connectivity index (χ0n) is 12.3. The van der Waals surface area contributed by atoms with Crippen molar-refractivity contribution in [3.63, 3.8) is 0 Å². The van der Waals surface area contributed by atoms with Crippen LogP contribution in [-0.2, 0) is 21.3 Å². The average Bonchev–Trinajstić information content (AvgIpc) is 2.54. The number of benzene rings is 2. The summed E-state index contributed by atoms with van der Waals surface area (Å²) in [6, 6.07) is 10.4. The lowest BCUT2D eigenvalue weighted by molar-refractivity contribution is -0.385. The molecule has 0 atom stereocenters. The Balaban J connectivity index is 2.15. The van der Waals surface area contributed by atoms with Crippen LogP contribution in [0.25, 0.3) is 0 Å². The third-order valence-corrected chi connectivity index (χ3v) is 4.32. The van der Waals surface area contributed by atoms with Crippen molar-refractivity contribution in [3.05, 3.63) is 64.2 Å². The predicted molar refractivity (Wildman–Crippen MR) is 83.3 cm³/mol. The number of carbonyl (C=O) groups is 1. The van der Waals surface area contributed by atoms with Crippen molar-refractivity contribution in [2.45, 2.75) is 17.7 Å². The maximum absolute atomic E-state index is 12.2. The molecular formula is C15H13NO7S. The molecule has 0 saturated heterocycles. The van der Waals surface area contributed by atoms with E-state index in [1.165, 1.54) is 30.3 Å². The summed E-state index contributed by atoms with van der Waals surface area (Å²) in [7, 11) is -4.21. The van der Waals surface area contributed by atoms with Gasteiger partial charge in [-0.25, -0.2) is 0 Å². The highest BCUT2D eigenvalue weighted by molar-refractivity contribution is 7.87. The van der Waals surface area contributed by atoms with Crippen molar-refractivity contribution in [3.8, 4) is 5.75 Å². The fourth-order valence-electron chi connectivity index (χ4n) is 1.89. The SMILES string of the molecule is O=C(O)CCc1ccc(OS(=O)(=O)c2cccc([N+](=O)[O-])c2)cc1. The van der Waals surface area contributed by atoms with E-state index in [1.54, 1.807) is 12.1 Å². The number of rotatable bonds is 7. The minimum Gasteiger partial charge on any atom is -0.481 e. The first-order valence-corrected chi connectivity index (χ1v) is 8.18. The lowest BCUT2D eigenvalue weighted by Crippen LogP contribution is -2.10. The molecule has 0 heterocycles. The van der Waals surface area contributed by atoms with E-state index in [2.05, 4.69) is 0 Å². The second-order valence-corrected chi connectivity index (χ2v) is 6.38. The highest BCUT2D eigenvalue weighted by Gasteiger charge is 2.19. The van der Waals surface area contributed by atoms with E-state index in [1.807, 2.05) is 0 Å². The molecule has 0 aliphatic rings. The van der Waals surface area contributed by atoms with Gasteiger partial charge in [-0.2, -0.15) is 8.42 Å². The average molecular weight is 351 g/mol. The number of nitrogens with zero attached hydrogens (tertiary/aromatic N) is 1. The molecule has 0 spiro atoms. The van der Waals surface area contributed by atoms with Gasteiger partial charge < -0.3 is 9.29 Å². The Kier molecular flexibility index (Phi) is 5.14. The molecule has 0 fully saturated rings. The molecule has 0 amide bonds. The van der Waals surface area contributed by atoms with E-state index in [9.17, 15) is 23.3 Å². The summed E-state index contributed by atoms with van der Waals surface area (Å²) in [5.41, 5.74) is 0.362. The summed E-state index contributed by atoms with van der Waals surface area (Å²) in [4.78, 5) is 20.2. The second-order valence-electron chi connectivity index (χ2n) is 4.83. The Bertz CT molecular complexity index is 860. The molecule has 2 aromatic rings. The summed E-state index contributed by atoms with van der Waals surface area (Å²) in [6.07, 6.45) is 0.277. The van der Waals surface area contributed by atoms with Crippen LogP contribution in [0.3, 0.4) is 0 Å². The van der Waals surface area contributed by atoms with Crippen LogP contribution in [0.1, 0.15) is 12.0 Å². The number of aliphatic carboxylic acids is 1. The van der Waals surface area contributed by atoms with Crippen molar-refractivity contribution >= 4 is 21.8 Å². The smallest absolute Gasteiger partial charge is 0.339 e. The van der Waals surface area contributed by atoms with Crippen LogP contribution < -0.4 is 4.18 Å². The van der Waals surface area contributed by atoms with Crippen LogP contribution >= 0.6 is 0 Å². The lowest BCUT2D eigenvalue weighted by Gasteiger charge is -2.07. The first-order chi connectivity index (χ1) is 11.3. The Hall–Kier alpha value is -2.94. The molecule has 1 N–H and O–H groups in total. The molecule has 0 aliphatic heterocycles. The van der Waals surface area contributed by atoms with Gasteiger partial charge in [-0.1, -0.05) is 18.2 Å². The van der Waals surface area contributed by atoms with Crippen LogP contribution in [0.4, 0.5) is 5.69 Å². The number of nitro benzene ring substituents is 1. The number of non-ortho nitro benzene ring substituents is 1. The zero-order valence-corrected chi connectivity index (χ0v) is 13.1. The van der Waals surface area contributed by atoms with E-state index in [0.717, 1.165) is 11.6 Å². The molecule has 0 unspecified atom stereocenters. The Morgan fingerprint density at radius 3 is 2.42 bits per heavy atom. The summed E-state index contributed by atoms with van der Waals surface area (Å²) in [6.45, 7) is 0. The van der Waals surface area contributed by atoms with E-state index >= 15 is 0 Å². The number of carboxylic acids is 1. The van der Waals surface area contributed by atoms with E-state index in [0.29, 0.717) is 6.42 Å². The minimum absolute atomic E-state index is 0.0283. The van der Waals surface area contributed by atoms with Crippen LogP contribution in [-0.4, -0.2) is 24.4 Å². The monoisotopic (exact) mass is 351 g/mol. The van der Waals surface area contributed by atoms with Gasteiger partial charge in [0.2, 0.25) is 0 Å². The molecule has 24 heavy (non-hydrogen) atoms. The molecule has 0 aliphatic carbocycles. The standard InChI is InChI=1S/C15H13NO7S/c17-15(18)9-6-11-4-7-13(8-5-11)23-24(21,22)14-3-1-2-12(10-14)16(19)20/h1-5,7-8,10H,6,9H2,(H,17,18). The van der Waals surface area contributed by atoms with Crippen molar-refractivity contribution in [1.29, 1.82) is 0 Å². The Morgan fingerprint density at radius 2 is 1.83 bits per heavy atom. The number of nitro groups is 1. The van der Waals surface area contributed by atoms with Gasteiger partial charge in [-0.3, -0.25) is 14.9 Å². The van der Waals surface area contributed by atoms with Crippen molar-refractivity contribution in [2.24, 2.45) is 0 Å². The molecule has 2 rings (SSSR count). The van der Waals surface area contributed by atoms with Crippen LogP contribution in [0.5, 0.6) is 5.75 Å².